The maximum absolute atomic E-state index is 13.7. The molecular formula is C14H9BrFNO4. The third-order valence-corrected chi connectivity index (χ3v) is 3.34. The van der Waals surface area contributed by atoms with Gasteiger partial charge in [0.1, 0.15) is 11.6 Å². The molecule has 108 valence electrons. The zero-order valence-electron chi connectivity index (χ0n) is 10.4. The van der Waals surface area contributed by atoms with Gasteiger partial charge in [0.2, 0.25) is 0 Å². The Hall–Kier alpha value is -2.41. The van der Waals surface area contributed by atoms with Gasteiger partial charge in [-0.2, -0.15) is 0 Å². The molecule has 2 aromatic carbocycles. The number of aromatic carboxylic acids is 1. The van der Waals surface area contributed by atoms with Gasteiger partial charge in [-0.3, -0.25) is 4.79 Å². The lowest BCUT2D eigenvalue weighted by molar-refractivity contribution is 0.0696. The van der Waals surface area contributed by atoms with Crippen LogP contribution in [0.5, 0.6) is 5.75 Å². The van der Waals surface area contributed by atoms with Gasteiger partial charge in [-0.15, -0.1) is 0 Å². The standard InChI is InChI=1S/C14H9BrFNO4/c15-9-3-1-7(6-12(9)18)13(19)17-11-4-2-8(14(20)21)5-10(11)16/h1-6,18H,(H,17,19)(H,20,21). The molecule has 0 radical (unpaired) electrons. The van der Waals surface area contributed by atoms with Gasteiger partial charge in [0.15, 0.2) is 0 Å². The number of carbonyl (C=O) groups excluding carboxylic acids is 1. The summed E-state index contributed by atoms with van der Waals surface area (Å²) in [5.74, 6) is -2.86. The van der Waals surface area contributed by atoms with E-state index >= 15 is 0 Å². The van der Waals surface area contributed by atoms with Crippen LogP contribution >= 0.6 is 15.9 Å². The molecular weight excluding hydrogens is 345 g/mol. The molecule has 2 aromatic rings. The topological polar surface area (TPSA) is 86.6 Å². The Kier molecular flexibility index (Phi) is 4.23. The predicted molar refractivity (Wildman–Crippen MR) is 77.1 cm³/mol. The molecule has 0 aliphatic carbocycles. The molecule has 0 unspecified atom stereocenters. The molecule has 7 heteroatoms. The van der Waals surface area contributed by atoms with Gasteiger partial charge < -0.3 is 15.5 Å². The van der Waals surface area contributed by atoms with Crippen LogP contribution in [-0.2, 0) is 0 Å². The number of amides is 1. The number of benzene rings is 2. The van der Waals surface area contributed by atoms with Crippen molar-refractivity contribution in [3.63, 3.8) is 0 Å². The molecule has 5 nitrogen and oxygen atoms in total. The molecule has 0 aliphatic heterocycles. The molecule has 0 aromatic heterocycles. The molecule has 0 spiro atoms. The van der Waals surface area contributed by atoms with Crippen molar-refractivity contribution in [1.29, 1.82) is 0 Å². The van der Waals surface area contributed by atoms with Gasteiger partial charge in [-0.1, -0.05) is 0 Å². The lowest BCUT2D eigenvalue weighted by atomic mass is 10.1. The largest absolute Gasteiger partial charge is 0.507 e. The second-order valence-corrected chi connectivity index (χ2v) is 4.97. The normalized spacial score (nSPS) is 10.2. The number of carboxylic acid groups (broad SMARTS) is 1. The Balaban J connectivity index is 2.23. The number of hydrogen-bond acceptors (Lipinski definition) is 3. The van der Waals surface area contributed by atoms with Crippen LogP contribution in [0.1, 0.15) is 20.7 Å². The summed E-state index contributed by atoms with van der Waals surface area (Å²) in [5, 5.41) is 20.5. The predicted octanol–water partition coefficient (Wildman–Crippen LogP) is 3.24. The summed E-state index contributed by atoms with van der Waals surface area (Å²) in [6.07, 6.45) is 0. The highest BCUT2D eigenvalue weighted by Crippen LogP contribution is 2.25. The first-order valence-electron chi connectivity index (χ1n) is 5.71. The van der Waals surface area contributed by atoms with E-state index in [9.17, 15) is 19.1 Å². The summed E-state index contributed by atoms with van der Waals surface area (Å²) in [5.41, 5.74) is -0.225. The summed E-state index contributed by atoms with van der Waals surface area (Å²) < 4.78 is 14.1. The zero-order valence-corrected chi connectivity index (χ0v) is 12.0. The number of halogens is 2. The van der Waals surface area contributed by atoms with Gasteiger partial charge in [-0.05, 0) is 52.3 Å². The van der Waals surface area contributed by atoms with Gasteiger partial charge >= 0.3 is 5.97 Å². The number of anilines is 1. The summed E-state index contributed by atoms with van der Waals surface area (Å²) in [6.45, 7) is 0. The van der Waals surface area contributed by atoms with Crippen LogP contribution in [0.25, 0.3) is 0 Å². The Bertz CT molecular complexity index is 733. The Labute approximate surface area is 127 Å². The molecule has 1 amide bonds. The van der Waals surface area contributed by atoms with E-state index in [-0.39, 0.29) is 22.6 Å². The Morgan fingerprint density at radius 1 is 1.10 bits per heavy atom. The van der Waals surface area contributed by atoms with Crippen molar-refractivity contribution >= 4 is 33.5 Å². The molecule has 0 aliphatic rings. The molecule has 0 saturated carbocycles. The number of hydrogen-bond donors (Lipinski definition) is 3. The lowest BCUT2D eigenvalue weighted by Crippen LogP contribution is -2.13. The fraction of sp³-hybridized carbons (Fsp3) is 0. The summed E-state index contributed by atoms with van der Waals surface area (Å²) >= 11 is 3.08. The maximum atomic E-state index is 13.7. The van der Waals surface area contributed by atoms with E-state index in [0.717, 1.165) is 12.1 Å². The van der Waals surface area contributed by atoms with Crippen molar-refractivity contribution in [3.05, 3.63) is 57.8 Å². The minimum Gasteiger partial charge on any atom is -0.507 e. The van der Waals surface area contributed by atoms with Gasteiger partial charge in [-0.25, -0.2) is 9.18 Å². The van der Waals surface area contributed by atoms with Crippen LogP contribution in [0.4, 0.5) is 10.1 Å². The van der Waals surface area contributed by atoms with Crippen LogP contribution in [-0.4, -0.2) is 22.1 Å². The first-order valence-corrected chi connectivity index (χ1v) is 6.50. The third-order valence-electron chi connectivity index (χ3n) is 2.67. The van der Waals surface area contributed by atoms with Gasteiger partial charge in [0.05, 0.1) is 15.7 Å². The molecule has 0 saturated heterocycles. The highest BCUT2D eigenvalue weighted by atomic mass is 79.9. The second kappa shape index (κ2) is 5.92. The number of phenols is 1. The van der Waals surface area contributed by atoms with E-state index in [1.54, 1.807) is 0 Å². The Morgan fingerprint density at radius 3 is 2.33 bits per heavy atom. The molecule has 0 bridgehead atoms. The van der Waals surface area contributed by atoms with Crippen molar-refractivity contribution in [3.8, 4) is 5.75 Å². The fourth-order valence-electron chi connectivity index (χ4n) is 1.60. The van der Waals surface area contributed by atoms with E-state index in [0.29, 0.717) is 4.47 Å². The maximum Gasteiger partial charge on any atom is 0.335 e. The molecule has 21 heavy (non-hydrogen) atoms. The molecule has 3 N–H and O–H groups in total. The van der Waals surface area contributed by atoms with E-state index < -0.39 is 17.7 Å². The van der Waals surface area contributed by atoms with Crippen molar-refractivity contribution in [2.45, 2.75) is 0 Å². The monoisotopic (exact) mass is 353 g/mol. The van der Waals surface area contributed by atoms with Crippen LogP contribution < -0.4 is 5.32 Å². The number of nitrogens with one attached hydrogen (secondary N) is 1. The van der Waals surface area contributed by atoms with E-state index in [2.05, 4.69) is 21.2 Å². The smallest absolute Gasteiger partial charge is 0.335 e. The number of phenolic OH excluding ortho intramolecular Hbond substituents is 1. The van der Waals surface area contributed by atoms with Crippen LogP contribution in [0.2, 0.25) is 0 Å². The number of rotatable bonds is 3. The summed E-state index contributed by atoms with van der Waals surface area (Å²) in [4.78, 5) is 22.6. The Morgan fingerprint density at radius 2 is 1.76 bits per heavy atom. The lowest BCUT2D eigenvalue weighted by Gasteiger charge is -2.08. The van der Waals surface area contributed by atoms with E-state index in [4.69, 9.17) is 5.11 Å². The fourth-order valence-corrected chi connectivity index (χ4v) is 1.84. The first kappa shape index (κ1) is 15.0. The third kappa shape index (κ3) is 3.38. The summed E-state index contributed by atoms with van der Waals surface area (Å²) in [7, 11) is 0. The van der Waals surface area contributed by atoms with Crippen LogP contribution in [0.15, 0.2) is 40.9 Å². The van der Waals surface area contributed by atoms with E-state index in [1.165, 1.54) is 24.3 Å². The number of aromatic hydroxyl groups is 1. The van der Waals surface area contributed by atoms with Gasteiger partial charge in [0, 0.05) is 5.56 Å². The summed E-state index contributed by atoms with van der Waals surface area (Å²) in [6, 6.07) is 7.31. The average molecular weight is 354 g/mol. The molecule has 0 heterocycles. The molecule has 0 fully saturated rings. The van der Waals surface area contributed by atoms with Gasteiger partial charge in [0.25, 0.3) is 5.91 Å². The van der Waals surface area contributed by atoms with E-state index in [1.807, 2.05) is 0 Å². The average Bonchev–Trinajstić information content (AvgIpc) is 2.43. The zero-order chi connectivity index (χ0) is 15.6. The van der Waals surface area contributed by atoms with Crippen molar-refractivity contribution in [2.24, 2.45) is 0 Å². The van der Waals surface area contributed by atoms with Crippen molar-refractivity contribution < 1.29 is 24.2 Å². The van der Waals surface area contributed by atoms with Crippen LogP contribution in [0.3, 0.4) is 0 Å². The highest BCUT2D eigenvalue weighted by Gasteiger charge is 2.13. The molecule has 0 atom stereocenters. The number of carbonyl (C=O) groups is 2. The quantitative estimate of drug-likeness (QED) is 0.790. The van der Waals surface area contributed by atoms with Crippen molar-refractivity contribution in [2.75, 3.05) is 5.32 Å². The van der Waals surface area contributed by atoms with Crippen LogP contribution in [0, 0.1) is 5.82 Å². The minimum absolute atomic E-state index is 0.121. The first-order chi connectivity index (χ1) is 9.88. The minimum atomic E-state index is -1.26. The highest BCUT2D eigenvalue weighted by molar-refractivity contribution is 9.10. The SMILES string of the molecule is O=C(O)c1ccc(NC(=O)c2ccc(Br)c(O)c2)c(F)c1. The number of carboxylic acids is 1. The van der Waals surface area contributed by atoms with Crippen molar-refractivity contribution in [1.82, 2.24) is 0 Å². The molecule has 2 rings (SSSR count). The second-order valence-electron chi connectivity index (χ2n) is 4.12.